The second kappa shape index (κ2) is 6.50. The van der Waals surface area contributed by atoms with Gasteiger partial charge in [-0.2, -0.15) is 8.42 Å². The monoisotopic (exact) mass is 288 g/mol. The molecule has 0 N–H and O–H groups in total. The summed E-state index contributed by atoms with van der Waals surface area (Å²) >= 11 is 0. The smallest absolute Gasteiger partial charge is 0.265 e. The second-order valence-electron chi connectivity index (χ2n) is 4.40. The topological polar surface area (TPSA) is 43.4 Å². The molecular weight excluding hydrogens is 272 g/mol. The van der Waals surface area contributed by atoms with Crippen LogP contribution in [0.15, 0.2) is 61.2 Å². The summed E-state index contributed by atoms with van der Waals surface area (Å²) in [5.74, 6) is -0.113. The van der Waals surface area contributed by atoms with E-state index in [4.69, 9.17) is 4.18 Å². The van der Waals surface area contributed by atoms with E-state index in [1.165, 1.54) is 0 Å². The quantitative estimate of drug-likeness (QED) is 0.765. The molecule has 4 heteroatoms. The minimum absolute atomic E-state index is 0.0482. The molecule has 0 atom stereocenters. The molecule has 0 aromatic heterocycles. The van der Waals surface area contributed by atoms with E-state index >= 15 is 0 Å². The summed E-state index contributed by atoms with van der Waals surface area (Å²) in [4.78, 5) is 0. The molecule has 0 radical (unpaired) electrons. The normalized spacial score (nSPS) is 11.2. The molecule has 0 aliphatic rings. The van der Waals surface area contributed by atoms with E-state index in [0.717, 1.165) is 16.7 Å². The largest absolute Gasteiger partial charge is 0.271 e. The highest BCUT2D eigenvalue weighted by Crippen LogP contribution is 2.11. The lowest BCUT2D eigenvalue weighted by atomic mass is 10.1. The molecule has 0 aliphatic heterocycles. The van der Waals surface area contributed by atoms with Crippen LogP contribution in [0.3, 0.4) is 0 Å². The van der Waals surface area contributed by atoms with E-state index in [-0.39, 0.29) is 12.4 Å². The summed E-state index contributed by atoms with van der Waals surface area (Å²) < 4.78 is 28.8. The van der Waals surface area contributed by atoms with Gasteiger partial charge in [0.2, 0.25) is 0 Å². The summed E-state index contributed by atoms with van der Waals surface area (Å²) in [6.45, 7) is 3.71. The highest BCUT2D eigenvalue weighted by molar-refractivity contribution is 7.85. The van der Waals surface area contributed by atoms with E-state index in [1.807, 2.05) is 30.3 Å². The van der Waals surface area contributed by atoms with Crippen LogP contribution in [0.5, 0.6) is 0 Å². The first-order chi connectivity index (χ1) is 9.59. The molecular formula is C16H16O3S. The Morgan fingerprint density at radius 3 is 2.20 bits per heavy atom. The average Bonchev–Trinajstić information content (AvgIpc) is 2.46. The van der Waals surface area contributed by atoms with Gasteiger partial charge in [0.05, 0.1) is 6.61 Å². The van der Waals surface area contributed by atoms with Crippen LogP contribution >= 0.6 is 0 Å². The van der Waals surface area contributed by atoms with Crippen molar-refractivity contribution in [3.8, 4) is 0 Å². The van der Waals surface area contributed by atoms with Crippen LogP contribution in [0, 0.1) is 0 Å². The molecule has 0 spiro atoms. The van der Waals surface area contributed by atoms with Crippen molar-refractivity contribution in [1.29, 1.82) is 0 Å². The van der Waals surface area contributed by atoms with Gasteiger partial charge in [-0.3, -0.25) is 4.18 Å². The first kappa shape index (κ1) is 14.5. The fourth-order valence-electron chi connectivity index (χ4n) is 1.73. The Balaban J connectivity index is 1.96. The fourth-order valence-corrected chi connectivity index (χ4v) is 2.73. The molecule has 3 nitrogen and oxygen atoms in total. The van der Waals surface area contributed by atoms with Gasteiger partial charge in [0.15, 0.2) is 0 Å². The SMILES string of the molecule is C=Cc1ccc(COS(=O)(=O)Cc2ccccc2)cc1. The van der Waals surface area contributed by atoms with E-state index in [0.29, 0.717) is 0 Å². The molecule has 104 valence electrons. The highest BCUT2D eigenvalue weighted by Gasteiger charge is 2.12. The van der Waals surface area contributed by atoms with Crippen molar-refractivity contribution in [2.45, 2.75) is 12.4 Å². The summed E-state index contributed by atoms with van der Waals surface area (Å²) in [7, 11) is -3.57. The van der Waals surface area contributed by atoms with Gasteiger partial charge in [-0.25, -0.2) is 0 Å². The Kier molecular flexibility index (Phi) is 4.71. The molecule has 20 heavy (non-hydrogen) atoms. The predicted octanol–water partition coefficient (Wildman–Crippen LogP) is 3.38. The molecule has 0 amide bonds. The van der Waals surface area contributed by atoms with Gasteiger partial charge < -0.3 is 0 Å². The first-order valence-electron chi connectivity index (χ1n) is 6.21. The second-order valence-corrected chi connectivity index (χ2v) is 6.04. The van der Waals surface area contributed by atoms with Crippen LogP contribution in [0.1, 0.15) is 16.7 Å². The Labute approximate surface area is 119 Å². The minimum atomic E-state index is -3.57. The summed E-state index contributed by atoms with van der Waals surface area (Å²) in [6.07, 6.45) is 1.73. The van der Waals surface area contributed by atoms with Crippen molar-refractivity contribution >= 4 is 16.2 Å². The number of hydrogen-bond acceptors (Lipinski definition) is 3. The first-order valence-corrected chi connectivity index (χ1v) is 7.79. The third-order valence-corrected chi connectivity index (χ3v) is 3.97. The molecule has 0 aliphatic carbocycles. The molecule has 2 rings (SSSR count). The summed E-state index contributed by atoms with van der Waals surface area (Å²) in [6, 6.07) is 16.4. The zero-order valence-corrected chi connectivity index (χ0v) is 11.8. The van der Waals surface area contributed by atoms with Crippen LogP contribution in [0.2, 0.25) is 0 Å². The minimum Gasteiger partial charge on any atom is -0.265 e. The zero-order chi connectivity index (χ0) is 14.4. The molecule has 0 unspecified atom stereocenters. The molecule has 0 fully saturated rings. The van der Waals surface area contributed by atoms with Crippen LogP contribution < -0.4 is 0 Å². The van der Waals surface area contributed by atoms with Crippen molar-refractivity contribution in [2.24, 2.45) is 0 Å². The highest BCUT2D eigenvalue weighted by atomic mass is 32.2. The van der Waals surface area contributed by atoms with Gasteiger partial charge in [0.1, 0.15) is 5.75 Å². The van der Waals surface area contributed by atoms with E-state index in [2.05, 4.69) is 6.58 Å². The summed E-state index contributed by atoms with van der Waals surface area (Å²) in [5, 5.41) is 0. The van der Waals surface area contributed by atoms with Gasteiger partial charge in [-0.15, -0.1) is 0 Å². The molecule has 0 bridgehead atoms. The number of benzene rings is 2. The standard InChI is InChI=1S/C16H16O3S/c1-2-14-8-10-15(11-9-14)12-19-20(17,18)13-16-6-4-3-5-7-16/h2-11H,1,12-13H2. The van der Waals surface area contributed by atoms with Crippen molar-refractivity contribution in [3.63, 3.8) is 0 Å². The maximum Gasteiger partial charge on any atom is 0.271 e. The zero-order valence-electron chi connectivity index (χ0n) is 11.0. The summed E-state index contributed by atoms with van der Waals surface area (Å²) in [5.41, 5.74) is 2.52. The van der Waals surface area contributed by atoms with Crippen molar-refractivity contribution in [2.75, 3.05) is 0 Å². The molecule has 0 saturated carbocycles. The van der Waals surface area contributed by atoms with Crippen LogP contribution in [-0.4, -0.2) is 8.42 Å². The number of rotatable bonds is 6. The van der Waals surface area contributed by atoms with Gasteiger partial charge in [0, 0.05) is 0 Å². The Morgan fingerprint density at radius 1 is 0.950 bits per heavy atom. The average molecular weight is 288 g/mol. The Bertz CT molecular complexity index is 659. The van der Waals surface area contributed by atoms with Crippen molar-refractivity contribution in [1.82, 2.24) is 0 Å². The van der Waals surface area contributed by atoms with Crippen LogP contribution in [-0.2, 0) is 26.7 Å². The van der Waals surface area contributed by atoms with E-state index < -0.39 is 10.1 Å². The lowest BCUT2D eigenvalue weighted by molar-refractivity contribution is 0.307. The van der Waals surface area contributed by atoms with Crippen molar-refractivity contribution in [3.05, 3.63) is 77.9 Å². The maximum absolute atomic E-state index is 11.9. The molecule has 2 aromatic carbocycles. The lowest BCUT2D eigenvalue weighted by Gasteiger charge is -2.06. The van der Waals surface area contributed by atoms with Gasteiger partial charge in [-0.1, -0.05) is 67.3 Å². The Morgan fingerprint density at radius 2 is 1.60 bits per heavy atom. The van der Waals surface area contributed by atoms with Crippen LogP contribution in [0.4, 0.5) is 0 Å². The van der Waals surface area contributed by atoms with Gasteiger partial charge >= 0.3 is 0 Å². The van der Waals surface area contributed by atoms with Crippen molar-refractivity contribution < 1.29 is 12.6 Å². The van der Waals surface area contributed by atoms with Crippen LogP contribution in [0.25, 0.3) is 6.08 Å². The van der Waals surface area contributed by atoms with E-state index in [1.54, 1.807) is 30.3 Å². The molecule has 0 saturated heterocycles. The maximum atomic E-state index is 11.9. The van der Waals surface area contributed by atoms with E-state index in [9.17, 15) is 8.42 Å². The molecule has 0 heterocycles. The van der Waals surface area contributed by atoms with Gasteiger partial charge in [-0.05, 0) is 16.7 Å². The third-order valence-electron chi connectivity index (χ3n) is 2.81. The number of hydrogen-bond donors (Lipinski definition) is 0. The third kappa shape index (κ3) is 4.33. The fraction of sp³-hybridized carbons (Fsp3) is 0.125. The predicted molar refractivity (Wildman–Crippen MR) is 80.4 cm³/mol. The Hall–Kier alpha value is -1.91. The lowest BCUT2D eigenvalue weighted by Crippen LogP contribution is -2.08. The molecule has 2 aromatic rings. The van der Waals surface area contributed by atoms with Gasteiger partial charge in [0.25, 0.3) is 10.1 Å².